The lowest BCUT2D eigenvalue weighted by atomic mass is 10.0. The maximum atomic E-state index is 14.2. The minimum absolute atomic E-state index is 0.0612. The van der Waals surface area contributed by atoms with Gasteiger partial charge in [-0.15, -0.1) is 0 Å². The van der Waals surface area contributed by atoms with Gasteiger partial charge in [0, 0.05) is 58.4 Å². The number of carbonyl (C=O) groups excluding carboxylic acids is 3. The standard InChI is InChI=1S/C45H53Cl2N9O4/c1-29-35(27-55-22-6-7-23-55)34-20-17-32(25-41(34)56(29)28-36-37(46)12-8-13-38(36)47)52-45(59)54-40(24-30-15-18-33(60-2)19-16-30)43(58)53-39(14-9-21-50-44(48)49)42(57)51-26-31-10-4-3-5-11-31/h3-5,8,10-13,15-20,25,39-40H,6-7,9,14,21-24,26-28H2,1-2H3,(H,51,57)(H,53,58)(H4,48,49,50)(H2,52,54,59)/t39-,40-/m0/s1. The minimum atomic E-state index is -1.07. The number of rotatable bonds is 18. The first kappa shape index (κ1) is 43.8. The second kappa shape index (κ2) is 21.0. The predicted octanol–water partition coefficient (Wildman–Crippen LogP) is 6.50. The van der Waals surface area contributed by atoms with Gasteiger partial charge in [0.25, 0.3) is 0 Å². The summed E-state index contributed by atoms with van der Waals surface area (Å²) in [5, 5.41) is 13.9. The van der Waals surface area contributed by atoms with Gasteiger partial charge in [-0.05, 0) is 98.8 Å². The van der Waals surface area contributed by atoms with E-state index in [4.69, 9.17) is 39.4 Å². The highest BCUT2D eigenvalue weighted by molar-refractivity contribution is 6.36. The molecule has 2 heterocycles. The summed E-state index contributed by atoms with van der Waals surface area (Å²) >= 11 is 13.3. The summed E-state index contributed by atoms with van der Waals surface area (Å²) in [7, 11) is 1.57. The van der Waals surface area contributed by atoms with Crippen LogP contribution in [0.1, 0.15) is 53.6 Å². The number of nitrogens with one attached hydrogen (secondary N) is 4. The van der Waals surface area contributed by atoms with Crippen LogP contribution in [0, 0.1) is 6.92 Å². The molecule has 0 aliphatic carbocycles. The number of hydrogen-bond donors (Lipinski definition) is 6. The van der Waals surface area contributed by atoms with Gasteiger partial charge in [0.1, 0.15) is 17.8 Å². The molecule has 1 aliphatic rings. The Morgan fingerprint density at radius 1 is 0.817 bits per heavy atom. The van der Waals surface area contributed by atoms with Crippen LogP contribution in [0.2, 0.25) is 10.0 Å². The van der Waals surface area contributed by atoms with E-state index in [2.05, 4.69) is 42.7 Å². The minimum Gasteiger partial charge on any atom is -0.497 e. The first-order chi connectivity index (χ1) is 29.0. The van der Waals surface area contributed by atoms with Crippen LogP contribution in [-0.4, -0.2) is 72.1 Å². The van der Waals surface area contributed by atoms with Crippen molar-refractivity contribution in [1.29, 1.82) is 0 Å². The van der Waals surface area contributed by atoms with E-state index >= 15 is 0 Å². The van der Waals surface area contributed by atoms with Gasteiger partial charge in [-0.25, -0.2) is 4.79 Å². The number of likely N-dealkylation sites (tertiary alicyclic amines) is 1. The third-order valence-electron chi connectivity index (χ3n) is 10.8. The van der Waals surface area contributed by atoms with Gasteiger partial charge >= 0.3 is 6.03 Å². The normalized spacial score (nSPS) is 13.7. The summed E-state index contributed by atoms with van der Waals surface area (Å²) in [4.78, 5) is 48.1. The molecule has 4 aromatic carbocycles. The van der Waals surface area contributed by atoms with Gasteiger partial charge in [-0.2, -0.15) is 0 Å². The Labute approximate surface area is 360 Å². The second-order valence-electron chi connectivity index (χ2n) is 15.0. The molecule has 1 aromatic heterocycles. The first-order valence-electron chi connectivity index (χ1n) is 20.1. The molecule has 0 unspecified atom stereocenters. The Balaban J connectivity index is 1.24. The smallest absolute Gasteiger partial charge is 0.319 e. The Morgan fingerprint density at radius 2 is 1.53 bits per heavy atom. The number of aliphatic imine (C=N–C) groups is 1. The highest BCUT2D eigenvalue weighted by Crippen LogP contribution is 2.33. The lowest BCUT2D eigenvalue weighted by Gasteiger charge is -2.23. The predicted molar refractivity (Wildman–Crippen MR) is 240 cm³/mol. The van der Waals surface area contributed by atoms with Crippen LogP contribution in [0.3, 0.4) is 0 Å². The van der Waals surface area contributed by atoms with Gasteiger partial charge in [0.15, 0.2) is 5.96 Å². The second-order valence-corrected chi connectivity index (χ2v) is 15.8. The van der Waals surface area contributed by atoms with Crippen molar-refractivity contribution in [2.45, 2.75) is 70.7 Å². The fourth-order valence-electron chi connectivity index (χ4n) is 7.52. The number of benzene rings is 4. The third kappa shape index (κ3) is 11.7. The maximum Gasteiger partial charge on any atom is 0.319 e. The molecule has 5 aromatic rings. The van der Waals surface area contributed by atoms with Crippen LogP contribution in [0.25, 0.3) is 10.9 Å². The van der Waals surface area contributed by atoms with E-state index in [1.165, 1.54) is 18.4 Å². The van der Waals surface area contributed by atoms with Crippen molar-refractivity contribution in [2.75, 3.05) is 32.1 Å². The molecule has 1 aliphatic heterocycles. The zero-order valence-corrected chi connectivity index (χ0v) is 35.5. The fraction of sp³-hybridized carbons (Fsp3) is 0.333. The number of nitrogens with zero attached hydrogens (tertiary/aromatic N) is 3. The van der Waals surface area contributed by atoms with E-state index in [1.807, 2.05) is 78.9 Å². The molecular formula is C45H53Cl2N9O4. The fourth-order valence-corrected chi connectivity index (χ4v) is 8.04. The maximum absolute atomic E-state index is 14.2. The third-order valence-corrected chi connectivity index (χ3v) is 11.5. The highest BCUT2D eigenvalue weighted by Gasteiger charge is 2.28. The molecule has 13 nitrogen and oxygen atoms in total. The van der Waals surface area contributed by atoms with Crippen molar-refractivity contribution in [3.05, 3.63) is 129 Å². The number of hydrogen-bond acceptors (Lipinski definition) is 6. The van der Waals surface area contributed by atoms with Gasteiger partial charge in [-0.3, -0.25) is 19.5 Å². The zero-order chi connectivity index (χ0) is 42.6. The van der Waals surface area contributed by atoms with E-state index in [0.717, 1.165) is 52.9 Å². The first-order valence-corrected chi connectivity index (χ1v) is 20.9. The van der Waals surface area contributed by atoms with Crippen molar-refractivity contribution in [2.24, 2.45) is 16.5 Å². The Hall–Kier alpha value is -5.76. The van der Waals surface area contributed by atoms with Gasteiger partial charge in [0.05, 0.1) is 19.2 Å². The lowest BCUT2D eigenvalue weighted by molar-refractivity contribution is -0.130. The van der Waals surface area contributed by atoms with E-state index in [0.29, 0.717) is 34.4 Å². The summed E-state index contributed by atoms with van der Waals surface area (Å²) in [5.74, 6) is -0.324. The average molecular weight is 855 g/mol. The highest BCUT2D eigenvalue weighted by atomic mass is 35.5. The number of ether oxygens (including phenoxy) is 1. The molecule has 2 atom stereocenters. The Morgan fingerprint density at radius 3 is 2.22 bits per heavy atom. The molecule has 316 valence electrons. The Kier molecular flexibility index (Phi) is 15.3. The van der Waals surface area contributed by atoms with E-state index in [1.54, 1.807) is 19.2 Å². The van der Waals surface area contributed by atoms with Crippen LogP contribution in [-0.2, 0) is 35.6 Å². The number of guanidine groups is 1. The largest absolute Gasteiger partial charge is 0.497 e. The molecule has 8 N–H and O–H groups in total. The molecule has 0 spiro atoms. The summed E-state index contributed by atoms with van der Waals surface area (Å²) in [6, 6.07) is 25.4. The summed E-state index contributed by atoms with van der Waals surface area (Å²) in [5.41, 5.74) is 17.3. The average Bonchev–Trinajstić information content (AvgIpc) is 3.85. The zero-order valence-electron chi connectivity index (χ0n) is 34.0. The van der Waals surface area contributed by atoms with Crippen molar-refractivity contribution in [3.63, 3.8) is 0 Å². The molecule has 1 fully saturated rings. The molecule has 0 bridgehead atoms. The van der Waals surface area contributed by atoms with Crippen LogP contribution in [0.15, 0.2) is 96.0 Å². The molecule has 0 radical (unpaired) electrons. The number of anilines is 1. The number of urea groups is 1. The number of fused-ring (bicyclic) bond motifs is 1. The summed E-state index contributed by atoms with van der Waals surface area (Å²) < 4.78 is 7.52. The molecular weight excluding hydrogens is 801 g/mol. The van der Waals surface area contributed by atoms with E-state index in [9.17, 15) is 14.4 Å². The number of halogens is 2. The summed E-state index contributed by atoms with van der Waals surface area (Å²) in [6.07, 6.45) is 3.16. The van der Waals surface area contributed by atoms with Crippen LogP contribution in [0.5, 0.6) is 5.75 Å². The van der Waals surface area contributed by atoms with Crippen LogP contribution in [0.4, 0.5) is 10.5 Å². The molecule has 4 amide bonds. The monoisotopic (exact) mass is 853 g/mol. The number of methoxy groups -OCH3 is 1. The van der Waals surface area contributed by atoms with Crippen molar-refractivity contribution < 1.29 is 19.1 Å². The van der Waals surface area contributed by atoms with Crippen molar-refractivity contribution >= 4 is 63.6 Å². The number of carbonyl (C=O) groups is 3. The van der Waals surface area contributed by atoms with Crippen molar-refractivity contribution in [3.8, 4) is 5.75 Å². The van der Waals surface area contributed by atoms with Crippen molar-refractivity contribution in [1.82, 2.24) is 25.4 Å². The van der Waals surface area contributed by atoms with E-state index < -0.39 is 24.0 Å². The molecule has 60 heavy (non-hydrogen) atoms. The van der Waals surface area contributed by atoms with Gasteiger partial charge in [-0.1, -0.05) is 77.8 Å². The topological polar surface area (TPSA) is 181 Å². The number of nitrogens with two attached hydrogens (primary N) is 2. The molecule has 1 saturated heterocycles. The van der Waals surface area contributed by atoms with Gasteiger partial charge < -0.3 is 42.0 Å². The van der Waals surface area contributed by atoms with Gasteiger partial charge in [0.2, 0.25) is 11.8 Å². The van der Waals surface area contributed by atoms with E-state index in [-0.39, 0.29) is 37.8 Å². The summed E-state index contributed by atoms with van der Waals surface area (Å²) in [6.45, 7) is 5.99. The Bertz CT molecular complexity index is 2270. The van der Waals surface area contributed by atoms with Crippen LogP contribution >= 0.6 is 23.2 Å². The molecule has 0 saturated carbocycles. The van der Waals surface area contributed by atoms with Crippen LogP contribution < -0.4 is 37.5 Å². The SMILES string of the molecule is COc1ccc(C[C@H](NC(=O)Nc2ccc3c(CN4CCCC4)c(C)n(Cc4c(Cl)cccc4Cl)c3c2)C(=O)N[C@@H](CCCN=C(N)N)C(=O)NCc2ccccc2)cc1. The quantitative estimate of drug-likeness (QED) is 0.0331. The number of aromatic nitrogens is 1. The lowest BCUT2D eigenvalue weighted by Crippen LogP contribution is -2.55. The molecule has 6 rings (SSSR count). The molecule has 15 heteroatoms. The number of amides is 4.